The molecule has 4 heteroatoms. The molecule has 0 bridgehead atoms. The molecule has 2 nitrogen and oxygen atoms in total. The first-order valence-corrected chi connectivity index (χ1v) is 4.96. The van der Waals surface area contributed by atoms with Gasteiger partial charge in [-0.05, 0) is 15.9 Å². The van der Waals surface area contributed by atoms with E-state index in [9.17, 15) is 0 Å². The Morgan fingerprint density at radius 1 is 1.73 bits per heavy atom. The maximum absolute atomic E-state index is 9.01. The minimum absolute atomic E-state index is 0.132. The van der Waals surface area contributed by atoms with Crippen molar-refractivity contribution in [2.75, 3.05) is 6.61 Å². The van der Waals surface area contributed by atoms with Crippen molar-refractivity contribution in [3.8, 4) is 0 Å². The summed E-state index contributed by atoms with van der Waals surface area (Å²) in [5.74, 6) is 0. The van der Waals surface area contributed by atoms with Crippen LogP contribution < -0.4 is 0 Å². The molecule has 0 radical (unpaired) electrons. The second-order valence-electron chi connectivity index (χ2n) is 3.02. The number of thiazole rings is 1. The van der Waals surface area contributed by atoms with Crippen molar-refractivity contribution in [1.82, 2.24) is 4.98 Å². The van der Waals surface area contributed by atoms with Crippen molar-refractivity contribution in [2.24, 2.45) is 0 Å². The molecule has 0 saturated carbocycles. The Kier molecular flexibility index (Phi) is 2.67. The van der Waals surface area contributed by atoms with Gasteiger partial charge in [-0.3, -0.25) is 0 Å². The number of halogens is 1. The van der Waals surface area contributed by atoms with Crippen LogP contribution in [0.4, 0.5) is 0 Å². The third-order valence-electron chi connectivity index (χ3n) is 1.45. The van der Waals surface area contributed by atoms with Crippen LogP contribution in [0, 0.1) is 0 Å². The first-order chi connectivity index (χ1) is 5.06. The number of hydrogen-bond donors (Lipinski definition) is 1. The van der Waals surface area contributed by atoms with E-state index in [1.807, 2.05) is 19.2 Å². The SMILES string of the molecule is CC(C)(CO)c1nc(Br)cs1. The third-order valence-corrected chi connectivity index (χ3v) is 3.37. The van der Waals surface area contributed by atoms with E-state index < -0.39 is 0 Å². The average molecular weight is 236 g/mol. The molecular weight excluding hydrogens is 226 g/mol. The zero-order chi connectivity index (χ0) is 8.48. The quantitative estimate of drug-likeness (QED) is 0.853. The highest BCUT2D eigenvalue weighted by Crippen LogP contribution is 2.27. The van der Waals surface area contributed by atoms with Gasteiger partial charge in [0.1, 0.15) is 9.61 Å². The molecule has 0 aliphatic carbocycles. The molecule has 0 aromatic carbocycles. The molecule has 0 fully saturated rings. The van der Waals surface area contributed by atoms with Crippen LogP contribution in [0.2, 0.25) is 0 Å². The van der Waals surface area contributed by atoms with Crippen LogP contribution in [0.3, 0.4) is 0 Å². The van der Waals surface area contributed by atoms with Crippen molar-refractivity contribution in [2.45, 2.75) is 19.3 Å². The van der Waals surface area contributed by atoms with Gasteiger partial charge < -0.3 is 5.11 Å². The molecule has 1 rings (SSSR count). The van der Waals surface area contributed by atoms with E-state index in [2.05, 4.69) is 20.9 Å². The Hall–Kier alpha value is 0.0700. The molecule has 0 amide bonds. The lowest BCUT2D eigenvalue weighted by molar-refractivity contribution is 0.218. The summed E-state index contributed by atoms with van der Waals surface area (Å²) in [6, 6.07) is 0. The fourth-order valence-corrected chi connectivity index (χ4v) is 2.00. The van der Waals surface area contributed by atoms with Crippen LogP contribution >= 0.6 is 27.3 Å². The smallest absolute Gasteiger partial charge is 0.117 e. The molecule has 1 aromatic heterocycles. The first-order valence-electron chi connectivity index (χ1n) is 3.28. The maximum Gasteiger partial charge on any atom is 0.117 e. The van der Waals surface area contributed by atoms with E-state index in [0.717, 1.165) is 9.61 Å². The summed E-state index contributed by atoms with van der Waals surface area (Å²) < 4.78 is 0.846. The number of nitrogens with zero attached hydrogens (tertiary/aromatic N) is 1. The van der Waals surface area contributed by atoms with E-state index in [4.69, 9.17) is 5.11 Å². The maximum atomic E-state index is 9.01. The van der Waals surface area contributed by atoms with Crippen molar-refractivity contribution in [3.63, 3.8) is 0 Å². The van der Waals surface area contributed by atoms with Gasteiger partial charge in [0.25, 0.3) is 0 Å². The molecule has 1 aromatic rings. The van der Waals surface area contributed by atoms with E-state index in [0.29, 0.717) is 0 Å². The summed E-state index contributed by atoms with van der Waals surface area (Å²) in [4.78, 5) is 4.23. The fourth-order valence-electron chi connectivity index (χ4n) is 0.633. The molecular formula is C7H10BrNOS. The summed E-state index contributed by atoms with van der Waals surface area (Å²) in [6.07, 6.45) is 0. The Labute approximate surface area is 78.4 Å². The average Bonchev–Trinajstić information content (AvgIpc) is 2.36. The lowest BCUT2D eigenvalue weighted by Crippen LogP contribution is -2.21. The largest absolute Gasteiger partial charge is 0.395 e. The molecule has 0 unspecified atom stereocenters. The van der Waals surface area contributed by atoms with Gasteiger partial charge in [0.2, 0.25) is 0 Å². The normalized spacial score (nSPS) is 12.0. The number of aliphatic hydroxyl groups is 1. The lowest BCUT2D eigenvalue weighted by Gasteiger charge is -2.17. The molecule has 0 aliphatic rings. The van der Waals surface area contributed by atoms with E-state index >= 15 is 0 Å². The standard InChI is InChI=1S/C7H10BrNOS/c1-7(2,4-10)6-9-5(8)3-11-6/h3,10H,4H2,1-2H3. The molecule has 1 heterocycles. The second kappa shape index (κ2) is 3.21. The Morgan fingerprint density at radius 2 is 2.36 bits per heavy atom. The van der Waals surface area contributed by atoms with Gasteiger partial charge in [-0.15, -0.1) is 11.3 Å². The van der Waals surface area contributed by atoms with E-state index in [1.54, 1.807) is 11.3 Å². The zero-order valence-electron chi connectivity index (χ0n) is 6.47. The van der Waals surface area contributed by atoms with Gasteiger partial charge in [0, 0.05) is 10.8 Å². The molecule has 0 atom stereocenters. The molecule has 0 saturated heterocycles. The molecule has 0 aliphatic heterocycles. The molecule has 0 spiro atoms. The van der Waals surface area contributed by atoms with Gasteiger partial charge in [-0.1, -0.05) is 13.8 Å². The van der Waals surface area contributed by atoms with Crippen LogP contribution in [0.25, 0.3) is 0 Å². The van der Waals surface area contributed by atoms with Gasteiger partial charge in [0.15, 0.2) is 0 Å². The Bertz CT molecular complexity index is 246. The highest BCUT2D eigenvalue weighted by molar-refractivity contribution is 9.10. The van der Waals surface area contributed by atoms with Crippen molar-refractivity contribution >= 4 is 27.3 Å². The third kappa shape index (κ3) is 2.01. The van der Waals surface area contributed by atoms with E-state index in [1.165, 1.54) is 0 Å². The number of hydrogen-bond acceptors (Lipinski definition) is 3. The summed E-state index contributed by atoms with van der Waals surface area (Å²) in [5.41, 5.74) is -0.212. The summed E-state index contributed by atoms with van der Waals surface area (Å²) >= 11 is 4.83. The first kappa shape index (κ1) is 9.16. The number of aromatic nitrogens is 1. The van der Waals surface area contributed by atoms with E-state index in [-0.39, 0.29) is 12.0 Å². The monoisotopic (exact) mass is 235 g/mol. The molecule has 1 N–H and O–H groups in total. The fraction of sp³-hybridized carbons (Fsp3) is 0.571. The minimum atomic E-state index is -0.212. The van der Waals surface area contributed by atoms with Crippen molar-refractivity contribution in [1.29, 1.82) is 0 Å². The predicted molar refractivity (Wildman–Crippen MR) is 49.9 cm³/mol. The van der Waals surface area contributed by atoms with Crippen molar-refractivity contribution in [3.05, 3.63) is 15.0 Å². The summed E-state index contributed by atoms with van der Waals surface area (Å²) in [7, 11) is 0. The van der Waals surface area contributed by atoms with Gasteiger partial charge >= 0.3 is 0 Å². The van der Waals surface area contributed by atoms with Crippen LogP contribution in [-0.2, 0) is 5.41 Å². The van der Waals surface area contributed by atoms with Gasteiger partial charge in [-0.25, -0.2) is 4.98 Å². The second-order valence-corrected chi connectivity index (χ2v) is 4.69. The lowest BCUT2D eigenvalue weighted by atomic mass is 9.96. The molecule has 62 valence electrons. The summed E-state index contributed by atoms with van der Waals surface area (Å²) in [5, 5.41) is 11.9. The van der Waals surface area contributed by atoms with Crippen LogP contribution in [-0.4, -0.2) is 16.7 Å². The highest BCUT2D eigenvalue weighted by atomic mass is 79.9. The Morgan fingerprint density at radius 3 is 2.73 bits per heavy atom. The Balaban J connectivity index is 2.92. The van der Waals surface area contributed by atoms with Crippen LogP contribution in [0.1, 0.15) is 18.9 Å². The number of rotatable bonds is 2. The van der Waals surface area contributed by atoms with Crippen LogP contribution in [0.15, 0.2) is 9.98 Å². The molecule has 11 heavy (non-hydrogen) atoms. The van der Waals surface area contributed by atoms with Gasteiger partial charge in [0.05, 0.1) is 6.61 Å². The number of aliphatic hydroxyl groups excluding tert-OH is 1. The van der Waals surface area contributed by atoms with Crippen molar-refractivity contribution < 1.29 is 5.11 Å². The summed E-state index contributed by atoms with van der Waals surface area (Å²) in [6.45, 7) is 4.07. The van der Waals surface area contributed by atoms with Gasteiger partial charge in [-0.2, -0.15) is 0 Å². The highest BCUT2D eigenvalue weighted by Gasteiger charge is 2.22. The topological polar surface area (TPSA) is 33.1 Å². The van der Waals surface area contributed by atoms with Crippen LogP contribution in [0.5, 0.6) is 0 Å². The predicted octanol–water partition coefficient (Wildman–Crippen LogP) is 2.18. The zero-order valence-corrected chi connectivity index (χ0v) is 8.87. The minimum Gasteiger partial charge on any atom is -0.395 e.